The van der Waals surface area contributed by atoms with E-state index in [0.29, 0.717) is 36.1 Å². The molecule has 0 saturated heterocycles. The lowest BCUT2D eigenvalue weighted by Crippen LogP contribution is -2.27. The number of nitrogens with zero attached hydrogens (tertiary/aromatic N) is 5. The van der Waals surface area contributed by atoms with E-state index in [4.69, 9.17) is 9.84 Å². The fourth-order valence-corrected chi connectivity index (χ4v) is 2.57. The standard InChI is InChI=1S/C16H19N5O3/c1-3-24-14-6-4-5-12(19-14)9-20-10-17-16-18-11(2)13(7-8-22)15(23)21(16)20/h4-6,10,22H,3,7-9H2,1-2H3. The molecule has 0 saturated carbocycles. The van der Waals surface area contributed by atoms with Crippen LogP contribution in [0, 0.1) is 6.92 Å². The van der Waals surface area contributed by atoms with Crippen LogP contribution in [0.15, 0.2) is 29.3 Å². The normalized spacial score (nSPS) is 11.1. The number of aromatic nitrogens is 5. The van der Waals surface area contributed by atoms with Gasteiger partial charge in [0.25, 0.3) is 11.3 Å². The van der Waals surface area contributed by atoms with Gasteiger partial charge in [-0.05, 0) is 19.9 Å². The third kappa shape index (κ3) is 3.00. The molecule has 0 aliphatic carbocycles. The topological polar surface area (TPSA) is 94.5 Å². The molecule has 0 fully saturated rings. The second kappa shape index (κ2) is 6.79. The predicted molar refractivity (Wildman–Crippen MR) is 87.3 cm³/mol. The van der Waals surface area contributed by atoms with Gasteiger partial charge in [0.2, 0.25) is 5.88 Å². The first-order valence-electron chi connectivity index (χ1n) is 7.77. The van der Waals surface area contributed by atoms with Crippen molar-refractivity contribution in [2.45, 2.75) is 26.8 Å². The summed E-state index contributed by atoms with van der Waals surface area (Å²) in [6.07, 6.45) is 1.82. The molecule has 0 aliphatic heterocycles. The smallest absolute Gasteiger partial charge is 0.277 e. The van der Waals surface area contributed by atoms with Crippen molar-refractivity contribution in [3.8, 4) is 5.88 Å². The van der Waals surface area contributed by atoms with Gasteiger partial charge in [0.1, 0.15) is 6.33 Å². The van der Waals surface area contributed by atoms with Crippen LogP contribution in [-0.2, 0) is 13.0 Å². The molecule has 0 radical (unpaired) electrons. The molecule has 3 aromatic rings. The molecule has 0 unspecified atom stereocenters. The van der Waals surface area contributed by atoms with Gasteiger partial charge in [-0.25, -0.2) is 9.97 Å². The van der Waals surface area contributed by atoms with Crippen molar-refractivity contribution >= 4 is 5.78 Å². The summed E-state index contributed by atoms with van der Waals surface area (Å²) in [5.41, 5.74) is 1.62. The summed E-state index contributed by atoms with van der Waals surface area (Å²) in [7, 11) is 0. The van der Waals surface area contributed by atoms with Gasteiger partial charge in [-0.2, -0.15) is 9.50 Å². The number of aliphatic hydroxyl groups is 1. The first-order valence-corrected chi connectivity index (χ1v) is 7.77. The molecular weight excluding hydrogens is 310 g/mol. The van der Waals surface area contributed by atoms with E-state index in [-0.39, 0.29) is 18.6 Å². The Morgan fingerprint density at radius 1 is 1.29 bits per heavy atom. The summed E-state index contributed by atoms with van der Waals surface area (Å²) >= 11 is 0. The van der Waals surface area contributed by atoms with Crippen LogP contribution in [-0.4, -0.2) is 42.5 Å². The van der Waals surface area contributed by atoms with E-state index < -0.39 is 0 Å². The van der Waals surface area contributed by atoms with Gasteiger partial charge in [-0.15, -0.1) is 0 Å². The van der Waals surface area contributed by atoms with Crippen LogP contribution >= 0.6 is 0 Å². The largest absolute Gasteiger partial charge is 0.478 e. The number of hydrogen-bond acceptors (Lipinski definition) is 6. The lowest BCUT2D eigenvalue weighted by Gasteiger charge is -2.09. The molecule has 3 rings (SSSR count). The van der Waals surface area contributed by atoms with Crippen molar-refractivity contribution in [2.75, 3.05) is 13.2 Å². The molecule has 3 aromatic heterocycles. The lowest BCUT2D eigenvalue weighted by atomic mass is 10.2. The molecule has 0 aromatic carbocycles. The number of pyridine rings is 1. The maximum Gasteiger partial charge on any atom is 0.277 e. The third-order valence-corrected chi connectivity index (χ3v) is 3.67. The van der Waals surface area contributed by atoms with Gasteiger partial charge in [0, 0.05) is 24.7 Å². The number of ether oxygens (including phenoxy) is 1. The Morgan fingerprint density at radius 3 is 2.88 bits per heavy atom. The maximum absolute atomic E-state index is 12.7. The van der Waals surface area contributed by atoms with E-state index in [9.17, 15) is 4.79 Å². The quantitative estimate of drug-likeness (QED) is 0.711. The van der Waals surface area contributed by atoms with Crippen molar-refractivity contribution in [2.24, 2.45) is 0 Å². The van der Waals surface area contributed by atoms with Crippen molar-refractivity contribution in [1.29, 1.82) is 0 Å². The molecule has 0 atom stereocenters. The first kappa shape index (κ1) is 16.1. The molecule has 8 heteroatoms. The van der Waals surface area contributed by atoms with E-state index in [1.54, 1.807) is 24.0 Å². The van der Waals surface area contributed by atoms with E-state index in [0.717, 1.165) is 5.69 Å². The number of hydrogen-bond donors (Lipinski definition) is 1. The molecule has 3 heterocycles. The average Bonchev–Trinajstić information content (AvgIpc) is 2.95. The van der Waals surface area contributed by atoms with E-state index in [2.05, 4.69) is 15.0 Å². The first-order chi connectivity index (χ1) is 11.6. The Bertz CT molecular complexity index is 916. The molecule has 0 aliphatic rings. The van der Waals surface area contributed by atoms with Crippen LogP contribution in [0.1, 0.15) is 23.9 Å². The fourth-order valence-electron chi connectivity index (χ4n) is 2.57. The molecule has 0 spiro atoms. The van der Waals surface area contributed by atoms with Crippen LogP contribution in [0.4, 0.5) is 0 Å². The Balaban J connectivity index is 2.03. The van der Waals surface area contributed by atoms with Crippen LogP contribution < -0.4 is 10.3 Å². The summed E-state index contributed by atoms with van der Waals surface area (Å²) in [5.74, 6) is 0.877. The van der Waals surface area contributed by atoms with Gasteiger partial charge in [-0.3, -0.25) is 9.48 Å². The molecular formula is C16H19N5O3. The van der Waals surface area contributed by atoms with Crippen LogP contribution in [0.5, 0.6) is 5.88 Å². The molecule has 1 N–H and O–H groups in total. The Kier molecular flexibility index (Phi) is 4.57. The van der Waals surface area contributed by atoms with Gasteiger partial charge in [-0.1, -0.05) is 6.07 Å². The van der Waals surface area contributed by atoms with Crippen LogP contribution in [0.25, 0.3) is 5.78 Å². The molecule has 24 heavy (non-hydrogen) atoms. The number of aliphatic hydroxyl groups excluding tert-OH is 1. The Labute approximate surface area is 138 Å². The monoisotopic (exact) mass is 329 g/mol. The summed E-state index contributed by atoms with van der Waals surface area (Å²) in [6, 6.07) is 5.50. The van der Waals surface area contributed by atoms with Crippen molar-refractivity contribution in [1.82, 2.24) is 24.1 Å². The number of fused-ring (bicyclic) bond motifs is 1. The van der Waals surface area contributed by atoms with Gasteiger partial charge >= 0.3 is 0 Å². The number of rotatable bonds is 6. The minimum Gasteiger partial charge on any atom is -0.478 e. The second-order valence-corrected chi connectivity index (χ2v) is 5.31. The minimum absolute atomic E-state index is 0.101. The second-order valence-electron chi connectivity index (χ2n) is 5.31. The molecule has 8 nitrogen and oxygen atoms in total. The lowest BCUT2D eigenvalue weighted by molar-refractivity contribution is 0.298. The zero-order valence-corrected chi connectivity index (χ0v) is 13.6. The van der Waals surface area contributed by atoms with Crippen LogP contribution in [0.3, 0.4) is 0 Å². The number of aryl methyl sites for hydroxylation is 1. The van der Waals surface area contributed by atoms with Crippen molar-refractivity contribution < 1.29 is 9.84 Å². The van der Waals surface area contributed by atoms with E-state index in [1.807, 2.05) is 19.1 Å². The average molecular weight is 329 g/mol. The zero-order valence-electron chi connectivity index (χ0n) is 13.6. The minimum atomic E-state index is -0.218. The van der Waals surface area contributed by atoms with Gasteiger partial charge in [0.15, 0.2) is 0 Å². The van der Waals surface area contributed by atoms with Crippen molar-refractivity contribution in [3.63, 3.8) is 0 Å². The summed E-state index contributed by atoms with van der Waals surface area (Å²) < 4.78 is 8.46. The SMILES string of the molecule is CCOc1cccc(Cn2cnc3nc(C)c(CCO)c(=O)n32)n1. The highest BCUT2D eigenvalue weighted by Crippen LogP contribution is 2.10. The predicted octanol–water partition coefficient (Wildman–Crippen LogP) is 0.576. The molecule has 0 amide bonds. The van der Waals surface area contributed by atoms with Gasteiger partial charge in [0.05, 0.1) is 24.5 Å². The summed E-state index contributed by atoms with van der Waals surface area (Å²) in [5, 5.41) is 9.15. The highest BCUT2D eigenvalue weighted by atomic mass is 16.5. The maximum atomic E-state index is 12.7. The van der Waals surface area contributed by atoms with E-state index >= 15 is 0 Å². The summed E-state index contributed by atoms with van der Waals surface area (Å²) in [6.45, 7) is 4.45. The fraction of sp³-hybridized carbons (Fsp3) is 0.375. The van der Waals surface area contributed by atoms with Gasteiger partial charge < -0.3 is 9.84 Å². The van der Waals surface area contributed by atoms with E-state index in [1.165, 1.54) is 4.52 Å². The van der Waals surface area contributed by atoms with Crippen LogP contribution in [0.2, 0.25) is 0 Å². The molecule has 126 valence electrons. The highest BCUT2D eigenvalue weighted by Gasteiger charge is 2.14. The Morgan fingerprint density at radius 2 is 2.12 bits per heavy atom. The Hall–Kier alpha value is -2.74. The molecule has 0 bridgehead atoms. The van der Waals surface area contributed by atoms with Crippen molar-refractivity contribution in [3.05, 3.63) is 51.8 Å². The summed E-state index contributed by atoms with van der Waals surface area (Å²) in [4.78, 5) is 25.6. The zero-order chi connectivity index (χ0) is 17.1. The highest BCUT2D eigenvalue weighted by molar-refractivity contribution is 5.31. The third-order valence-electron chi connectivity index (χ3n) is 3.67.